The molecule has 1 saturated heterocycles. The van der Waals surface area contributed by atoms with Gasteiger partial charge in [-0.2, -0.15) is 0 Å². The average Bonchev–Trinajstić information content (AvgIpc) is 3.92. The Bertz CT molecular complexity index is 2130. The van der Waals surface area contributed by atoms with Crippen molar-refractivity contribution in [2.45, 2.75) is 64.6 Å². The summed E-state index contributed by atoms with van der Waals surface area (Å²) in [5.74, 6) is 1.88. The molecule has 0 bridgehead atoms. The molecule has 0 unspecified atom stereocenters. The molecule has 2 aromatic heterocycles. The molecule has 6 nitrogen and oxygen atoms in total. The maximum Gasteiger partial charge on any atom is 0.494 e. The summed E-state index contributed by atoms with van der Waals surface area (Å²) in [6.45, 7) is 8.46. The molecule has 7 aromatic rings. The van der Waals surface area contributed by atoms with Gasteiger partial charge in [-0.3, -0.25) is 9.13 Å². The number of hydrogen-bond acceptors (Lipinski definition) is 4. The van der Waals surface area contributed by atoms with Gasteiger partial charge in [0.25, 0.3) is 0 Å². The van der Waals surface area contributed by atoms with Crippen molar-refractivity contribution in [3.05, 3.63) is 174 Å². The van der Waals surface area contributed by atoms with Crippen molar-refractivity contribution in [2.24, 2.45) is 0 Å². The first-order valence-corrected chi connectivity index (χ1v) is 18.6. The summed E-state index contributed by atoms with van der Waals surface area (Å²) < 4.78 is 17.3. The van der Waals surface area contributed by atoms with Crippen molar-refractivity contribution in [3.8, 4) is 34.2 Å². The van der Waals surface area contributed by atoms with Crippen LogP contribution in [0.4, 0.5) is 0 Å². The summed E-state index contributed by atoms with van der Waals surface area (Å²) in [7, 11) is -0.404. The van der Waals surface area contributed by atoms with Gasteiger partial charge in [0.15, 0.2) is 0 Å². The van der Waals surface area contributed by atoms with E-state index in [4.69, 9.17) is 9.31 Å². The van der Waals surface area contributed by atoms with Gasteiger partial charge in [-0.05, 0) is 105 Å². The van der Waals surface area contributed by atoms with Gasteiger partial charge in [-0.15, -0.1) is 0 Å². The standard InChI is InChI=1S/C46H45BN4O2/c1-45(2)46(3,4)53-47(52-45)40-32-36(17-15-34-19-23-38(24-20-34)43-48-27-29-50(43)41-11-7-5-8-12-41)31-37(33-40)18-16-35-21-25-39(26-22-35)44-49-28-30-51(44)42-13-9-6-10-14-42/h5-14,19-33H,15-18H2,1-4H3. The van der Waals surface area contributed by atoms with Gasteiger partial charge < -0.3 is 9.31 Å². The fourth-order valence-electron chi connectivity index (χ4n) is 7.04. The van der Waals surface area contributed by atoms with Crippen LogP contribution in [-0.4, -0.2) is 37.4 Å². The van der Waals surface area contributed by atoms with Crippen LogP contribution in [0.15, 0.2) is 152 Å². The van der Waals surface area contributed by atoms with E-state index in [0.717, 1.165) is 65.3 Å². The maximum atomic E-state index is 6.53. The van der Waals surface area contributed by atoms with Crippen LogP contribution in [0.25, 0.3) is 34.2 Å². The van der Waals surface area contributed by atoms with E-state index in [1.54, 1.807) is 0 Å². The molecule has 1 aliphatic rings. The third-order valence-corrected chi connectivity index (χ3v) is 10.8. The van der Waals surface area contributed by atoms with Crippen LogP contribution in [0.2, 0.25) is 0 Å². The molecule has 53 heavy (non-hydrogen) atoms. The summed E-state index contributed by atoms with van der Waals surface area (Å²) in [4.78, 5) is 9.34. The first kappa shape index (κ1) is 34.6. The van der Waals surface area contributed by atoms with Crippen molar-refractivity contribution in [2.75, 3.05) is 0 Å². The van der Waals surface area contributed by atoms with Crippen molar-refractivity contribution >= 4 is 12.6 Å². The van der Waals surface area contributed by atoms with Gasteiger partial charge in [0.05, 0.1) is 11.2 Å². The molecule has 1 aliphatic heterocycles. The molecule has 0 aliphatic carbocycles. The number of hydrogen-bond donors (Lipinski definition) is 0. The number of benzene rings is 5. The molecule has 0 radical (unpaired) electrons. The Balaban J connectivity index is 0.989. The summed E-state index contributed by atoms with van der Waals surface area (Å²) in [6.07, 6.45) is 11.4. The lowest BCUT2D eigenvalue weighted by atomic mass is 9.76. The van der Waals surface area contributed by atoms with E-state index in [9.17, 15) is 0 Å². The zero-order chi connectivity index (χ0) is 36.4. The highest BCUT2D eigenvalue weighted by Gasteiger charge is 2.51. The van der Waals surface area contributed by atoms with Crippen LogP contribution in [-0.2, 0) is 35.0 Å². The molecule has 0 saturated carbocycles. The molecular formula is C46H45BN4O2. The fraction of sp³-hybridized carbons (Fsp3) is 0.217. The lowest BCUT2D eigenvalue weighted by Crippen LogP contribution is -2.41. The zero-order valence-electron chi connectivity index (χ0n) is 30.9. The number of aromatic nitrogens is 4. The summed E-state index contributed by atoms with van der Waals surface area (Å²) in [5, 5.41) is 0. The quantitative estimate of drug-likeness (QED) is 0.127. The van der Waals surface area contributed by atoms with Crippen LogP contribution in [0.3, 0.4) is 0 Å². The maximum absolute atomic E-state index is 6.53. The zero-order valence-corrected chi connectivity index (χ0v) is 30.9. The molecule has 5 aromatic carbocycles. The second kappa shape index (κ2) is 14.5. The van der Waals surface area contributed by atoms with Gasteiger partial charge in [-0.25, -0.2) is 9.97 Å². The van der Waals surface area contributed by atoms with Crippen LogP contribution in [0.1, 0.15) is 49.9 Å². The Morgan fingerprint density at radius 1 is 0.491 bits per heavy atom. The summed E-state index contributed by atoms with van der Waals surface area (Å²) in [5.41, 5.74) is 9.86. The van der Waals surface area contributed by atoms with Gasteiger partial charge in [-0.1, -0.05) is 103 Å². The second-order valence-electron chi connectivity index (χ2n) is 15.0. The highest BCUT2D eigenvalue weighted by molar-refractivity contribution is 6.62. The Kier molecular flexibility index (Phi) is 9.46. The van der Waals surface area contributed by atoms with E-state index >= 15 is 0 Å². The molecule has 8 rings (SSSR count). The van der Waals surface area contributed by atoms with E-state index in [1.807, 2.05) is 36.9 Å². The molecular weight excluding hydrogens is 651 g/mol. The molecule has 3 heterocycles. The highest BCUT2D eigenvalue weighted by Crippen LogP contribution is 2.36. The van der Waals surface area contributed by atoms with Gasteiger partial charge in [0.1, 0.15) is 11.6 Å². The minimum absolute atomic E-state index is 0.401. The number of aryl methyl sites for hydroxylation is 4. The first-order chi connectivity index (χ1) is 25.7. The molecule has 0 spiro atoms. The lowest BCUT2D eigenvalue weighted by molar-refractivity contribution is 0.00578. The minimum Gasteiger partial charge on any atom is -0.399 e. The Morgan fingerprint density at radius 2 is 0.887 bits per heavy atom. The van der Waals surface area contributed by atoms with Crippen LogP contribution < -0.4 is 5.46 Å². The third kappa shape index (κ3) is 7.41. The first-order valence-electron chi connectivity index (χ1n) is 18.6. The van der Waals surface area contributed by atoms with Crippen LogP contribution in [0.5, 0.6) is 0 Å². The summed E-state index contributed by atoms with van der Waals surface area (Å²) in [6, 6.07) is 45.3. The third-order valence-electron chi connectivity index (χ3n) is 10.8. The van der Waals surface area contributed by atoms with E-state index in [1.165, 1.54) is 22.3 Å². The van der Waals surface area contributed by atoms with Crippen LogP contribution in [0, 0.1) is 0 Å². The number of para-hydroxylation sites is 2. The van der Waals surface area contributed by atoms with E-state index in [2.05, 4.69) is 162 Å². The molecule has 0 N–H and O–H groups in total. The highest BCUT2D eigenvalue weighted by atomic mass is 16.7. The topological polar surface area (TPSA) is 54.1 Å². The predicted molar refractivity (Wildman–Crippen MR) is 215 cm³/mol. The Labute approximate surface area is 313 Å². The molecule has 264 valence electrons. The monoisotopic (exact) mass is 696 g/mol. The second-order valence-corrected chi connectivity index (χ2v) is 15.0. The Morgan fingerprint density at radius 3 is 1.30 bits per heavy atom. The normalized spacial score (nSPS) is 14.8. The Hall–Kier alpha value is -5.50. The molecule has 0 amide bonds. The fourth-order valence-corrected chi connectivity index (χ4v) is 7.04. The lowest BCUT2D eigenvalue weighted by Gasteiger charge is -2.32. The smallest absolute Gasteiger partial charge is 0.399 e. The minimum atomic E-state index is -0.404. The SMILES string of the molecule is CC1(C)OB(c2cc(CCc3ccc(-c4nccn4-c4ccccc4)cc3)cc(CCc3ccc(-c4nccn4-c4ccccc4)cc3)c2)OC1(C)C. The van der Waals surface area contributed by atoms with Crippen LogP contribution >= 0.6 is 0 Å². The van der Waals surface area contributed by atoms with Crippen molar-refractivity contribution in [3.63, 3.8) is 0 Å². The number of nitrogens with zero attached hydrogens (tertiary/aromatic N) is 4. The molecule has 7 heteroatoms. The van der Waals surface area contributed by atoms with Crippen molar-refractivity contribution in [1.82, 2.24) is 19.1 Å². The molecule has 0 atom stereocenters. The summed E-state index contributed by atoms with van der Waals surface area (Å²) >= 11 is 0. The van der Waals surface area contributed by atoms with Crippen molar-refractivity contribution in [1.29, 1.82) is 0 Å². The average molecular weight is 697 g/mol. The van der Waals surface area contributed by atoms with E-state index in [0.29, 0.717) is 0 Å². The van der Waals surface area contributed by atoms with Gasteiger partial charge in [0.2, 0.25) is 0 Å². The van der Waals surface area contributed by atoms with Gasteiger partial charge in [0, 0.05) is 47.3 Å². The largest absolute Gasteiger partial charge is 0.494 e. The van der Waals surface area contributed by atoms with Gasteiger partial charge >= 0.3 is 7.12 Å². The van der Waals surface area contributed by atoms with E-state index < -0.39 is 18.3 Å². The predicted octanol–water partition coefficient (Wildman–Crippen LogP) is 9.26. The molecule has 1 fully saturated rings. The van der Waals surface area contributed by atoms with E-state index in [-0.39, 0.29) is 0 Å². The van der Waals surface area contributed by atoms with Crippen molar-refractivity contribution < 1.29 is 9.31 Å². The number of imidazole rings is 2. The number of rotatable bonds is 11.